The second-order valence-corrected chi connectivity index (χ2v) is 5.52. The summed E-state index contributed by atoms with van der Waals surface area (Å²) in [6.07, 6.45) is -0.736. The summed E-state index contributed by atoms with van der Waals surface area (Å²) in [5, 5.41) is 21.1. The number of carboxylic acid groups (broad SMARTS) is 1. The van der Waals surface area contributed by atoms with Gasteiger partial charge < -0.3 is 10.2 Å². The lowest BCUT2D eigenvalue weighted by Crippen LogP contribution is -2.31. The summed E-state index contributed by atoms with van der Waals surface area (Å²) in [5.74, 6) is -0.670. The number of imide groups is 1. The van der Waals surface area contributed by atoms with Crippen molar-refractivity contribution in [2.45, 2.75) is 12.5 Å². The van der Waals surface area contributed by atoms with E-state index in [1.165, 1.54) is 12.3 Å². The van der Waals surface area contributed by atoms with Gasteiger partial charge in [0, 0.05) is 12.7 Å². The Labute approximate surface area is 142 Å². The van der Waals surface area contributed by atoms with Gasteiger partial charge in [-0.05, 0) is 36.2 Å². The van der Waals surface area contributed by atoms with Gasteiger partial charge in [-0.15, -0.1) is 0 Å². The number of hydrogen-bond donors (Lipinski definition) is 3. The number of nitrogens with one attached hydrogen (secondary N) is 1. The Kier molecular flexibility index (Phi) is 4.44. The molecule has 0 fully saturated rings. The van der Waals surface area contributed by atoms with Gasteiger partial charge in [-0.25, -0.2) is 9.78 Å². The van der Waals surface area contributed by atoms with Gasteiger partial charge in [-0.3, -0.25) is 19.8 Å². The maximum atomic E-state index is 12.3. The molecule has 1 aliphatic heterocycles. The van der Waals surface area contributed by atoms with Crippen molar-refractivity contribution in [3.05, 3.63) is 59.3 Å². The lowest BCUT2D eigenvalue weighted by Gasteiger charge is -2.17. The number of amides is 3. The minimum Gasteiger partial charge on any atom is -0.465 e. The van der Waals surface area contributed by atoms with Gasteiger partial charge in [-0.2, -0.15) is 0 Å². The Morgan fingerprint density at radius 1 is 1.16 bits per heavy atom. The first-order valence-electron chi connectivity index (χ1n) is 7.56. The molecular formula is C17H15N3O5. The number of carbonyl (C=O) groups is 3. The van der Waals surface area contributed by atoms with E-state index >= 15 is 0 Å². The zero-order valence-electron chi connectivity index (χ0n) is 13.0. The Morgan fingerprint density at radius 3 is 2.40 bits per heavy atom. The first kappa shape index (κ1) is 16.6. The maximum Gasteiger partial charge on any atom is 0.410 e. The lowest BCUT2D eigenvalue weighted by atomic mass is 10.1. The Morgan fingerprint density at radius 2 is 1.80 bits per heavy atom. The van der Waals surface area contributed by atoms with Crippen LogP contribution in [0.4, 0.5) is 10.6 Å². The van der Waals surface area contributed by atoms with Crippen LogP contribution in [0.2, 0.25) is 0 Å². The van der Waals surface area contributed by atoms with Crippen LogP contribution < -0.4 is 5.32 Å². The van der Waals surface area contributed by atoms with Gasteiger partial charge in [0.25, 0.3) is 11.8 Å². The molecule has 25 heavy (non-hydrogen) atoms. The molecule has 1 aromatic heterocycles. The largest absolute Gasteiger partial charge is 0.465 e. The third-order valence-corrected chi connectivity index (χ3v) is 3.91. The number of hydrogen-bond acceptors (Lipinski definition) is 5. The highest BCUT2D eigenvalue weighted by Gasteiger charge is 2.35. The molecule has 0 saturated heterocycles. The first-order valence-corrected chi connectivity index (χ1v) is 7.56. The van der Waals surface area contributed by atoms with Crippen LogP contribution in [0, 0.1) is 0 Å². The molecule has 1 unspecified atom stereocenters. The number of anilines is 1. The van der Waals surface area contributed by atoms with Gasteiger partial charge in [0.1, 0.15) is 5.82 Å². The highest BCUT2D eigenvalue weighted by molar-refractivity contribution is 6.21. The summed E-state index contributed by atoms with van der Waals surface area (Å²) >= 11 is 0. The van der Waals surface area contributed by atoms with Crippen LogP contribution in [0.1, 0.15) is 38.8 Å². The normalized spacial score (nSPS) is 14.4. The van der Waals surface area contributed by atoms with Crippen LogP contribution in [-0.2, 0) is 0 Å². The van der Waals surface area contributed by atoms with Crippen LogP contribution in [0.15, 0.2) is 42.6 Å². The molecule has 0 aliphatic carbocycles. The van der Waals surface area contributed by atoms with Crippen molar-refractivity contribution in [2.24, 2.45) is 0 Å². The minimum absolute atomic E-state index is 0.0531. The Hall–Kier alpha value is -3.26. The van der Waals surface area contributed by atoms with E-state index in [9.17, 15) is 19.5 Å². The third-order valence-electron chi connectivity index (χ3n) is 3.91. The van der Waals surface area contributed by atoms with E-state index in [2.05, 4.69) is 10.3 Å². The van der Waals surface area contributed by atoms with Crippen molar-refractivity contribution in [3.63, 3.8) is 0 Å². The molecule has 0 saturated carbocycles. The van der Waals surface area contributed by atoms with Crippen molar-refractivity contribution in [1.82, 2.24) is 9.88 Å². The molecule has 1 aromatic carbocycles. The van der Waals surface area contributed by atoms with E-state index in [-0.39, 0.29) is 30.6 Å². The van der Waals surface area contributed by atoms with Gasteiger partial charge in [0.05, 0.1) is 17.2 Å². The van der Waals surface area contributed by atoms with Gasteiger partial charge in [-0.1, -0.05) is 12.1 Å². The summed E-state index contributed by atoms with van der Waals surface area (Å²) in [4.78, 5) is 40.1. The van der Waals surface area contributed by atoms with Crippen LogP contribution in [0.3, 0.4) is 0 Å². The average Bonchev–Trinajstić information content (AvgIpc) is 2.84. The molecule has 2 aromatic rings. The zero-order chi connectivity index (χ0) is 18.0. The predicted molar refractivity (Wildman–Crippen MR) is 87.3 cm³/mol. The molecular weight excluding hydrogens is 326 g/mol. The summed E-state index contributed by atoms with van der Waals surface area (Å²) < 4.78 is 0. The van der Waals surface area contributed by atoms with E-state index in [1.54, 1.807) is 30.3 Å². The van der Waals surface area contributed by atoms with Crippen LogP contribution >= 0.6 is 0 Å². The molecule has 3 N–H and O–H groups in total. The second-order valence-electron chi connectivity index (χ2n) is 5.52. The zero-order valence-corrected chi connectivity index (χ0v) is 13.0. The van der Waals surface area contributed by atoms with E-state index in [0.29, 0.717) is 16.7 Å². The summed E-state index contributed by atoms with van der Waals surface area (Å²) in [5.41, 5.74) is 1.16. The average molecular weight is 341 g/mol. The van der Waals surface area contributed by atoms with Crippen LogP contribution in [-0.4, -0.2) is 44.5 Å². The standard InChI is InChI=1S/C17H15N3O5/c21-13(10-5-7-18-14(9-10)19-17(24)25)6-8-20-15(22)11-3-1-2-4-12(11)16(20)23/h1-5,7,9,13,21H,6,8H2,(H,18,19)(H,24,25). The fourth-order valence-electron chi connectivity index (χ4n) is 2.69. The fraction of sp³-hybridized carbons (Fsp3) is 0.176. The van der Waals surface area contributed by atoms with E-state index in [1.807, 2.05) is 0 Å². The maximum absolute atomic E-state index is 12.3. The van der Waals surface area contributed by atoms with Crippen molar-refractivity contribution in [3.8, 4) is 0 Å². The van der Waals surface area contributed by atoms with Crippen molar-refractivity contribution in [1.29, 1.82) is 0 Å². The number of rotatable bonds is 5. The smallest absolute Gasteiger partial charge is 0.410 e. The number of fused-ring (bicyclic) bond motifs is 1. The molecule has 1 atom stereocenters. The second kappa shape index (κ2) is 6.70. The van der Waals surface area contributed by atoms with E-state index in [0.717, 1.165) is 4.90 Å². The predicted octanol–water partition coefficient (Wildman–Crippen LogP) is 1.89. The number of pyridine rings is 1. The van der Waals surface area contributed by atoms with E-state index < -0.39 is 12.2 Å². The lowest BCUT2D eigenvalue weighted by molar-refractivity contribution is 0.0622. The number of benzene rings is 1. The fourth-order valence-corrected chi connectivity index (χ4v) is 2.69. The number of aromatic nitrogens is 1. The van der Waals surface area contributed by atoms with Crippen molar-refractivity contribution < 1.29 is 24.6 Å². The molecule has 0 bridgehead atoms. The molecule has 1 aliphatic rings. The van der Waals surface area contributed by atoms with Gasteiger partial charge >= 0.3 is 6.09 Å². The third kappa shape index (κ3) is 3.33. The molecule has 0 radical (unpaired) electrons. The summed E-state index contributed by atoms with van der Waals surface area (Å²) in [7, 11) is 0. The van der Waals surface area contributed by atoms with Crippen LogP contribution in [0.25, 0.3) is 0 Å². The number of nitrogens with zero attached hydrogens (tertiary/aromatic N) is 2. The Bertz CT molecular complexity index is 817. The molecule has 3 rings (SSSR count). The van der Waals surface area contributed by atoms with Crippen molar-refractivity contribution >= 4 is 23.7 Å². The van der Waals surface area contributed by atoms with Gasteiger partial charge in [0.15, 0.2) is 0 Å². The van der Waals surface area contributed by atoms with Crippen LogP contribution in [0.5, 0.6) is 0 Å². The highest BCUT2D eigenvalue weighted by atomic mass is 16.4. The first-order chi connectivity index (χ1) is 12.0. The number of aliphatic hydroxyl groups is 1. The molecule has 0 spiro atoms. The topological polar surface area (TPSA) is 120 Å². The summed E-state index contributed by atoms with van der Waals surface area (Å²) in [6, 6.07) is 9.52. The SMILES string of the molecule is O=C(O)Nc1cc(C(O)CCN2C(=O)c3ccccc3C2=O)ccn1. The molecule has 8 nitrogen and oxygen atoms in total. The molecule has 2 heterocycles. The van der Waals surface area contributed by atoms with E-state index in [4.69, 9.17) is 5.11 Å². The number of carbonyl (C=O) groups excluding carboxylic acids is 2. The molecule has 128 valence electrons. The number of aliphatic hydroxyl groups excluding tert-OH is 1. The van der Waals surface area contributed by atoms with Gasteiger partial charge in [0.2, 0.25) is 0 Å². The summed E-state index contributed by atoms with van der Waals surface area (Å²) in [6.45, 7) is 0.0531. The molecule has 3 amide bonds. The molecule has 8 heteroatoms. The minimum atomic E-state index is -1.26. The highest BCUT2D eigenvalue weighted by Crippen LogP contribution is 2.25. The quantitative estimate of drug-likeness (QED) is 0.714. The van der Waals surface area contributed by atoms with Crippen molar-refractivity contribution in [2.75, 3.05) is 11.9 Å². The Balaban J connectivity index is 1.67. The monoisotopic (exact) mass is 341 g/mol.